The van der Waals surface area contributed by atoms with Crippen LogP contribution in [0.2, 0.25) is 0 Å². The van der Waals surface area contributed by atoms with E-state index in [-0.39, 0.29) is 28.1 Å². The van der Waals surface area contributed by atoms with Crippen LogP contribution in [0.3, 0.4) is 0 Å². The summed E-state index contributed by atoms with van der Waals surface area (Å²) in [7, 11) is 0. The second-order valence-corrected chi connectivity index (χ2v) is 6.65. The number of ether oxygens (including phenoxy) is 1. The minimum absolute atomic E-state index is 0.0814. The number of Topliss-reactive ketones (excluding diaryl/α,β-unsaturated/α-hetero) is 1. The predicted octanol–water partition coefficient (Wildman–Crippen LogP) is 4.26. The lowest BCUT2D eigenvalue weighted by molar-refractivity contribution is 0.0470. The number of rotatable bonds is 8. The number of carbonyl (C=O) groups is 2. The zero-order valence-corrected chi connectivity index (χ0v) is 15.6. The van der Waals surface area contributed by atoms with Gasteiger partial charge in [0, 0.05) is 29.7 Å². The van der Waals surface area contributed by atoms with E-state index in [9.17, 15) is 18.4 Å². The van der Waals surface area contributed by atoms with Gasteiger partial charge in [0.05, 0.1) is 5.56 Å². The van der Waals surface area contributed by atoms with Gasteiger partial charge in [0.2, 0.25) is 5.78 Å². The number of ketones is 1. The van der Waals surface area contributed by atoms with Crippen molar-refractivity contribution in [3.8, 4) is 0 Å². The maximum atomic E-state index is 12.6. The third-order valence-corrected chi connectivity index (χ3v) is 4.57. The highest BCUT2D eigenvalue weighted by atomic mass is 32.2. The number of aromatic nitrogens is 2. The second kappa shape index (κ2) is 8.93. The number of aryl methyl sites for hydroxylation is 1. The first-order valence-electron chi connectivity index (χ1n) is 8.12. The summed E-state index contributed by atoms with van der Waals surface area (Å²) in [6.07, 6.45) is 2.25. The topological polar surface area (TPSA) is 61.2 Å². The van der Waals surface area contributed by atoms with Gasteiger partial charge in [0.1, 0.15) is 5.03 Å². The monoisotopic (exact) mass is 382 g/mol. The SMILES string of the molecule is CCCn1c(C)cc(C(=O)COC(=O)c2cccnc2SC(F)F)c1C. The Kier molecular flexibility index (Phi) is 6.90. The molecule has 0 spiro atoms. The Morgan fingerprint density at radius 2 is 2.04 bits per heavy atom. The highest BCUT2D eigenvalue weighted by Crippen LogP contribution is 2.26. The van der Waals surface area contributed by atoms with Gasteiger partial charge in [-0.3, -0.25) is 4.79 Å². The molecule has 2 rings (SSSR count). The van der Waals surface area contributed by atoms with Crippen LogP contribution in [0.15, 0.2) is 29.4 Å². The molecule has 0 radical (unpaired) electrons. The average molecular weight is 382 g/mol. The maximum Gasteiger partial charge on any atom is 0.341 e. The summed E-state index contributed by atoms with van der Waals surface area (Å²) in [6.45, 7) is 6.15. The van der Waals surface area contributed by atoms with E-state index in [2.05, 4.69) is 4.98 Å². The number of carbonyl (C=O) groups excluding carboxylic acids is 2. The highest BCUT2D eigenvalue weighted by molar-refractivity contribution is 7.99. The summed E-state index contributed by atoms with van der Waals surface area (Å²) >= 11 is 0.164. The first-order valence-corrected chi connectivity index (χ1v) is 9.00. The maximum absolute atomic E-state index is 12.6. The number of pyridine rings is 1. The zero-order chi connectivity index (χ0) is 19.3. The Labute approximate surface area is 154 Å². The van der Waals surface area contributed by atoms with E-state index < -0.39 is 18.3 Å². The molecule has 0 aliphatic heterocycles. The fourth-order valence-corrected chi connectivity index (χ4v) is 3.23. The Bertz CT molecular complexity index is 806. The molecule has 140 valence electrons. The van der Waals surface area contributed by atoms with Gasteiger partial charge in [-0.25, -0.2) is 9.78 Å². The van der Waals surface area contributed by atoms with E-state index in [1.807, 2.05) is 25.3 Å². The van der Waals surface area contributed by atoms with Crippen molar-refractivity contribution in [2.24, 2.45) is 0 Å². The third-order valence-electron chi connectivity index (χ3n) is 3.85. The molecule has 5 nitrogen and oxygen atoms in total. The number of halogens is 2. The molecule has 0 unspecified atom stereocenters. The van der Waals surface area contributed by atoms with Crippen LogP contribution in [0, 0.1) is 13.8 Å². The Hall–Kier alpha value is -2.22. The van der Waals surface area contributed by atoms with Gasteiger partial charge in [-0.05, 0) is 50.2 Å². The highest BCUT2D eigenvalue weighted by Gasteiger charge is 2.21. The number of nitrogens with zero attached hydrogens (tertiary/aromatic N) is 2. The molecule has 0 aliphatic rings. The number of thioether (sulfide) groups is 1. The summed E-state index contributed by atoms with van der Waals surface area (Å²) in [5, 5.41) is -0.124. The van der Waals surface area contributed by atoms with Crippen molar-refractivity contribution in [3.63, 3.8) is 0 Å². The van der Waals surface area contributed by atoms with Crippen LogP contribution in [-0.4, -0.2) is 33.7 Å². The van der Waals surface area contributed by atoms with Crippen molar-refractivity contribution < 1.29 is 23.1 Å². The number of alkyl halides is 2. The molecule has 0 aliphatic carbocycles. The van der Waals surface area contributed by atoms with Crippen molar-refractivity contribution in [2.45, 2.75) is 44.5 Å². The molecule has 0 amide bonds. The van der Waals surface area contributed by atoms with Crippen LogP contribution in [0.25, 0.3) is 0 Å². The van der Waals surface area contributed by atoms with Crippen molar-refractivity contribution >= 4 is 23.5 Å². The summed E-state index contributed by atoms with van der Waals surface area (Å²) in [5.74, 6) is -3.89. The van der Waals surface area contributed by atoms with Crippen LogP contribution in [0.1, 0.15) is 45.4 Å². The van der Waals surface area contributed by atoms with Crippen molar-refractivity contribution in [2.75, 3.05) is 6.61 Å². The van der Waals surface area contributed by atoms with E-state index in [4.69, 9.17) is 4.74 Å². The van der Waals surface area contributed by atoms with Gasteiger partial charge in [0.25, 0.3) is 5.76 Å². The molecular formula is C18H20F2N2O3S. The molecular weight excluding hydrogens is 362 g/mol. The van der Waals surface area contributed by atoms with Gasteiger partial charge >= 0.3 is 5.97 Å². The lowest BCUT2D eigenvalue weighted by atomic mass is 10.1. The van der Waals surface area contributed by atoms with Crippen molar-refractivity contribution in [1.82, 2.24) is 9.55 Å². The minimum atomic E-state index is -2.71. The summed E-state index contributed by atoms with van der Waals surface area (Å²) in [5.41, 5.74) is 2.20. The molecule has 2 heterocycles. The predicted molar refractivity (Wildman–Crippen MR) is 94.9 cm³/mol. The molecule has 0 saturated carbocycles. The van der Waals surface area contributed by atoms with E-state index in [0.717, 1.165) is 24.4 Å². The lowest BCUT2D eigenvalue weighted by Crippen LogP contribution is -2.16. The molecule has 2 aromatic rings. The normalized spacial score (nSPS) is 11.0. The molecule has 0 aromatic carbocycles. The Morgan fingerprint density at radius 3 is 2.69 bits per heavy atom. The van der Waals surface area contributed by atoms with Crippen LogP contribution in [0.4, 0.5) is 8.78 Å². The molecule has 0 fully saturated rings. The standard InChI is InChI=1S/C18H20F2N2O3S/c1-4-8-22-11(2)9-14(12(22)3)15(23)10-25-17(24)13-6-5-7-21-16(13)26-18(19)20/h5-7,9,18H,4,8,10H2,1-3H3. The molecule has 0 atom stereocenters. The average Bonchev–Trinajstić information content (AvgIpc) is 2.88. The van der Waals surface area contributed by atoms with Crippen molar-refractivity contribution in [1.29, 1.82) is 0 Å². The van der Waals surface area contributed by atoms with Crippen LogP contribution in [-0.2, 0) is 11.3 Å². The zero-order valence-electron chi connectivity index (χ0n) is 14.8. The van der Waals surface area contributed by atoms with E-state index in [0.29, 0.717) is 5.56 Å². The van der Waals surface area contributed by atoms with Crippen LogP contribution < -0.4 is 0 Å². The number of esters is 1. The Morgan fingerprint density at radius 1 is 1.31 bits per heavy atom. The second-order valence-electron chi connectivity index (χ2n) is 5.67. The molecule has 2 aromatic heterocycles. The largest absolute Gasteiger partial charge is 0.454 e. The lowest BCUT2D eigenvalue weighted by Gasteiger charge is -2.09. The molecule has 0 N–H and O–H groups in total. The molecule has 26 heavy (non-hydrogen) atoms. The first kappa shape index (κ1) is 20.1. The summed E-state index contributed by atoms with van der Waals surface area (Å²) < 4.78 is 32.2. The van der Waals surface area contributed by atoms with Gasteiger partial charge in [0.15, 0.2) is 6.61 Å². The fourth-order valence-electron chi connectivity index (χ4n) is 2.66. The van der Waals surface area contributed by atoms with E-state index >= 15 is 0 Å². The Balaban J connectivity index is 2.09. The van der Waals surface area contributed by atoms with Crippen LogP contribution in [0.5, 0.6) is 0 Å². The van der Waals surface area contributed by atoms with Crippen molar-refractivity contribution in [3.05, 3.63) is 46.9 Å². The van der Waals surface area contributed by atoms with Gasteiger partial charge < -0.3 is 9.30 Å². The quantitative estimate of drug-likeness (QED) is 0.388. The fraction of sp³-hybridized carbons (Fsp3) is 0.389. The van der Waals surface area contributed by atoms with Gasteiger partial charge in [-0.15, -0.1) is 0 Å². The van der Waals surface area contributed by atoms with Gasteiger partial charge in [-0.1, -0.05) is 6.92 Å². The smallest absolute Gasteiger partial charge is 0.341 e. The first-order chi connectivity index (χ1) is 12.3. The summed E-state index contributed by atoms with van der Waals surface area (Å²) in [6, 6.07) is 4.56. The number of hydrogen-bond donors (Lipinski definition) is 0. The number of hydrogen-bond acceptors (Lipinski definition) is 5. The van der Waals surface area contributed by atoms with E-state index in [1.54, 1.807) is 6.07 Å². The van der Waals surface area contributed by atoms with Gasteiger partial charge in [-0.2, -0.15) is 8.78 Å². The van der Waals surface area contributed by atoms with Crippen LogP contribution >= 0.6 is 11.8 Å². The summed E-state index contributed by atoms with van der Waals surface area (Å²) in [4.78, 5) is 28.3. The molecule has 8 heteroatoms. The molecule has 0 saturated heterocycles. The molecule has 0 bridgehead atoms. The minimum Gasteiger partial charge on any atom is -0.454 e. The van der Waals surface area contributed by atoms with E-state index in [1.165, 1.54) is 18.3 Å². The third kappa shape index (κ3) is 4.69.